The number of aryl methyl sites for hydroxylation is 1. The molecule has 130 valence electrons. The van der Waals surface area contributed by atoms with Crippen LogP contribution in [0.25, 0.3) is 5.65 Å². The zero-order valence-corrected chi connectivity index (χ0v) is 14.6. The van der Waals surface area contributed by atoms with Crippen molar-refractivity contribution < 1.29 is 9.59 Å². The molecule has 0 aliphatic carbocycles. The van der Waals surface area contributed by atoms with Crippen LogP contribution in [0.2, 0.25) is 0 Å². The standard InChI is InChI=1S/C20H18N4O2/c1-4-15-8-6-9-16(11-15)21-19(25)13-23(3)20(26)17-12-24-14(2)7-5-10-18(24)22-17/h1,5-12H,13H2,2-3H3,(H,21,25). The predicted octanol–water partition coefficient (Wildman–Crippen LogP) is 2.33. The Hall–Kier alpha value is -3.59. The molecule has 0 spiro atoms. The van der Waals surface area contributed by atoms with Crippen LogP contribution < -0.4 is 5.32 Å². The summed E-state index contributed by atoms with van der Waals surface area (Å²) in [6.07, 6.45) is 7.03. The van der Waals surface area contributed by atoms with E-state index >= 15 is 0 Å². The van der Waals surface area contributed by atoms with Gasteiger partial charge in [-0.15, -0.1) is 6.42 Å². The summed E-state index contributed by atoms with van der Waals surface area (Å²) in [5, 5.41) is 2.74. The van der Waals surface area contributed by atoms with Crippen LogP contribution in [0.1, 0.15) is 21.7 Å². The van der Waals surface area contributed by atoms with Crippen LogP contribution in [0.5, 0.6) is 0 Å². The number of carbonyl (C=O) groups is 2. The Morgan fingerprint density at radius 3 is 2.77 bits per heavy atom. The lowest BCUT2D eigenvalue weighted by Gasteiger charge is -2.15. The molecule has 0 fully saturated rings. The topological polar surface area (TPSA) is 66.7 Å². The van der Waals surface area contributed by atoms with Gasteiger partial charge in [0.05, 0.1) is 6.54 Å². The minimum atomic E-state index is -0.319. The minimum absolute atomic E-state index is 0.0913. The van der Waals surface area contributed by atoms with Gasteiger partial charge in [-0.3, -0.25) is 9.59 Å². The number of benzene rings is 1. The van der Waals surface area contributed by atoms with E-state index in [0.29, 0.717) is 22.6 Å². The number of nitrogens with one attached hydrogen (secondary N) is 1. The van der Waals surface area contributed by atoms with E-state index in [-0.39, 0.29) is 18.4 Å². The summed E-state index contributed by atoms with van der Waals surface area (Å²) in [5.74, 6) is 1.88. The molecule has 0 saturated heterocycles. The number of anilines is 1. The Labute approximate surface area is 151 Å². The van der Waals surface area contributed by atoms with Crippen molar-refractivity contribution in [2.75, 3.05) is 18.9 Å². The number of imidazole rings is 1. The largest absolute Gasteiger partial charge is 0.331 e. The highest BCUT2D eigenvalue weighted by molar-refractivity contribution is 5.98. The number of terminal acetylenes is 1. The minimum Gasteiger partial charge on any atom is -0.331 e. The molecule has 0 radical (unpaired) electrons. The van der Waals surface area contributed by atoms with E-state index in [4.69, 9.17) is 6.42 Å². The third kappa shape index (κ3) is 3.57. The summed E-state index contributed by atoms with van der Waals surface area (Å²) < 4.78 is 1.84. The molecule has 1 N–H and O–H groups in total. The third-order valence-corrected chi connectivity index (χ3v) is 3.96. The van der Waals surface area contributed by atoms with Crippen LogP contribution in [0, 0.1) is 19.3 Å². The number of fused-ring (bicyclic) bond motifs is 1. The number of aromatic nitrogens is 2. The molecule has 3 aromatic rings. The number of amides is 2. The van der Waals surface area contributed by atoms with Crippen molar-refractivity contribution in [3.63, 3.8) is 0 Å². The molecule has 0 atom stereocenters. The molecule has 0 saturated carbocycles. The first-order valence-electron chi connectivity index (χ1n) is 8.04. The summed E-state index contributed by atoms with van der Waals surface area (Å²) in [5.41, 5.74) is 3.23. The van der Waals surface area contributed by atoms with Crippen molar-refractivity contribution in [1.29, 1.82) is 0 Å². The molecule has 0 bridgehead atoms. The summed E-state index contributed by atoms with van der Waals surface area (Å²) >= 11 is 0. The highest BCUT2D eigenvalue weighted by Gasteiger charge is 2.18. The Morgan fingerprint density at radius 2 is 2.04 bits per heavy atom. The molecule has 1 aromatic carbocycles. The van der Waals surface area contributed by atoms with Gasteiger partial charge in [0.2, 0.25) is 5.91 Å². The van der Waals surface area contributed by atoms with Gasteiger partial charge in [-0.1, -0.05) is 18.1 Å². The van der Waals surface area contributed by atoms with Crippen molar-refractivity contribution in [1.82, 2.24) is 14.3 Å². The summed E-state index contributed by atoms with van der Waals surface area (Å²) in [6, 6.07) is 12.6. The van der Waals surface area contributed by atoms with Crippen molar-refractivity contribution in [2.45, 2.75) is 6.92 Å². The van der Waals surface area contributed by atoms with E-state index in [2.05, 4.69) is 16.2 Å². The van der Waals surface area contributed by atoms with E-state index in [1.807, 2.05) is 29.5 Å². The van der Waals surface area contributed by atoms with Crippen molar-refractivity contribution >= 4 is 23.1 Å². The number of likely N-dealkylation sites (N-methyl/N-ethyl adjacent to an activating group) is 1. The second-order valence-electron chi connectivity index (χ2n) is 5.96. The number of carbonyl (C=O) groups excluding carboxylic acids is 2. The maximum atomic E-state index is 12.6. The van der Waals surface area contributed by atoms with Crippen LogP contribution in [0.4, 0.5) is 5.69 Å². The highest BCUT2D eigenvalue weighted by atomic mass is 16.2. The Morgan fingerprint density at radius 1 is 1.27 bits per heavy atom. The zero-order chi connectivity index (χ0) is 18.7. The maximum absolute atomic E-state index is 12.6. The van der Waals surface area contributed by atoms with Crippen LogP contribution in [-0.4, -0.2) is 39.7 Å². The van der Waals surface area contributed by atoms with Gasteiger partial charge in [-0.25, -0.2) is 4.98 Å². The average molecular weight is 346 g/mol. The number of rotatable bonds is 4. The van der Waals surface area contributed by atoms with Crippen LogP contribution in [0.15, 0.2) is 48.7 Å². The van der Waals surface area contributed by atoms with E-state index < -0.39 is 0 Å². The molecular formula is C20H18N4O2. The monoisotopic (exact) mass is 346 g/mol. The molecule has 26 heavy (non-hydrogen) atoms. The molecule has 6 heteroatoms. The zero-order valence-electron chi connectivity index (χ0n) is 14.6. The van der Waals surface area contributed by atoms with Crippen molar-refractivity contribution in [3.05, 3.63) is 65.6 Å². The van der Waals surface area contributed by atoms with Gasteiger partial charge in [-0.05, 0) is 37.3 Å². The highest BCUT2D eigenvalue weighted by Crippen LogP contribution is 2.11. The van der Waals surface area contributed by atoms with Gasteiger partial charge < -0.3 is 14.6 Å². The SMILES string of the molecule is C#Cc1cccc(NC(=O)CN(C)C(=O)c2cn3c(C)cccc3n2)c1. The van der Waals surface area contributed by atoms with E-state index in [1.165, 1.54) is 4.90 Å². The maximum Gasteiger partial charge on any atom is 0.274 e. The van der Waals surface area contributed by atoms with E-state index in [0.717, 1.165) is 5.69 Å². The van der Waals surface area contributed by atoms with Gasteiger partial charge in [0, 0.05) is 30.2 Å². The van der Waals surface area contributed by atoms with E-state index in [1.54, 1.807) is 37.5 Å². The molecule has 2 amide bonds. The Kier molecular flexibility index (Phi) is 4.72. The molecule has 2 heterocycles. The first-order chi connectivity index (χ1) is 12.5. The normalized spacial score (nSPS) is 10.3. The lowest BCUT2D eigenvalue weighted by Crippen LogP contribution is -2.35. The molecular weight excluding hydrogens is 328 g/mol. The third-order valence-electron chi connectivity index (χ3n) is 3.96. The number of nitrogens with zero attached hydrogens (tertiary/aromatic N) is 3. The summed E-state index contributed by atoms with van der Waals surface area (Å²) in [6.45, 7) is 1.84. The van der Waals surface area contributed by atoms with Gasteiger partial charge in [-0.2, -0.15) is 0 Å². The van der Waals surface area contributed by atoms with Gasteiger partial charge >= 0.3 is 0 Å². The van der Waals surface area contributed by atoms with Crippen LogP contribution in [-0.2, 0) is 4.79 Å². The second kappa shape index (κ2) is 7.11. The summed E-state index contributed by atoms with van der Waals surface area (Å²) in [4.78, 5) is 30.4. The number of hydrogen-bond donors (Lipinski definition) is 1. The fraction of sp³-hybridized carbons (Fsp3) is 0.150. The molecule has 0 aliphatic heterocycles. The Balaban J connectivity index is 1.69. The van der Waals surface area contributed by atoms with Crippen molar-refractivity contribution in [2.24, 2.45) is 0 Å². The first kappa shape index (κ1) is 17.2. The van der Waals surface area contributed by atoms with Gasteiger partial charge in [0.25, 0.3) is 5.91 Å². The van der Waals surface area contributed by atoms with E-state index in [9.17, 15) is 9.59 Å². The van der Waals surface area contributed by atoms with Crippen LogP contribution in [0.3, 0.4) is 0 Å². The lowest BCUT2D eigenvalue weighted by atomic mass is 10.2. The molecule has 0 aliphatic rings. The van der Waals surface area contributed by atoms with Crippen molar-refractivity contribution in [3.8, 4) is 12.3 Å². The molecule has 3 rings (SSSR count). The first-order valence-corrected chi connectivity index (χ1v) is 8.04. The quantitative estimate of drug-likeness (QED) is 0.738. The predicted molar refractivity (Wildman–Crippen MR) is 99.9 cm³/mol. The fourth-order valence-corrected chi connectivity index (χ4v) is 2.62. The number of pyridine rings is 1. The molecule has 6 nitrogen and oxygen atoms in total. The average Bonchev–Trinajstić information content (AvgIpc) is 3.06. The molecule has 0 unspecified atom stereocenters. The van der Waals surface area contributed by atoms with Gasteiger partial charge in [0.1, 0.15) is 11.3 Å². The lowest BCUT2D eigenvalue weighted by molar-refractivity contribution is -0.116. The fourth-order valence-electron chi connectivity index (χ4n) is 2.62. The number of hydrogen-bond acceptors (Lipinski definition) is 3. The summed E-state index contributed by atoms with van der Waals surface area (Å²) in [7, 11) is 1.57. The van der Waals surface area contributed by atoms with Crippen LogP contribution >= 0.6 is 0 Å². The molecule has 2 aromatic heterocycles. The van der Waals surface area contributed by atoms with Gasteiger partial charge in [0.15, 0.2) is 0 Å². The smallest absolute Gasteiger partial charge is 0.274 e. The Bertz CT molecular complexity index is 1030. The second-order valence-corrected chi connectivity index (χ2v) is 5.96.